The molecule has 1 unspecified atom stereocenters. The lowest BCUT2D eigenvalue weighted by Gasteiger charge is -2.15. The lowest BCUT2D eigenvalue weighted by atomic mass is 10.0. The van der Waals surface area contributed by atoms with Gasteiger partial charge in [0.05, 0.1) is 0 Å². The first-order chi connectivity index (χ1) is 7.00. The van der Waals surface area contributed by atoms with E-state index in [1.54, 1.807) is 0 Å². The maximum Gasteiger partial charge on any atom is 0.0294 e. The van der Waals surface area contributed by atoms with Crippen molar-refractivity contribution in [2.75, 3.05) is 6.54 Å². The topological polar surface area (TPSA) is 12.0 Å². The van der Waals surface area contributed by atoms with Crippen LogP contribution in [0.25, 0.3) is 0 Å². The molecule has 0 bridgehead atoms. The van der Waals surface area contributed by atoms with Gasteiger partial charge in [-0.25, -0.2) is 0 Å². The van der Waals surface area contributed by atoms with Crippen molar-refractivity contribution in [3.8, 4) is 0 Å². The van der Waals surface area contributed by atoms with Crippen LogP contribution in [-0.2, 0) is 0 Å². The van der Waals surface area contributed by atoms with Crippen LogP contribution >= 0.6 is 0 Å². The van der Waals surface area contributed by atoms with E-state index in [1.165, 1.54) is 22.3 Å². The zero-order valence-corrected chi connectivity index (χ0v) is 10.2. The minimum atomic E-state index is 0.390. The highest BCUT2D eigenvalue weighted by atomic mass is 14.9. The van der Waals surface area contributed by atoms with Crippen LogP contribution in [0.2, 0.25) is 0 Å². The summed E-state index contributed by atoms with van der Waals surface area (Å²) in [6, 6.07) is 7.02. The molecule has 15 heavy (non-hydrogen) atoms. The lowest BCUT2D eigenvalue weighted by Crippen LogP contribution is -2.20. The molecule has 0 aliphatic heterocycles. The average molecular weight is 203 g/mol. The van der Waals surface area contributed by atoms with E-state index in [-0.39, 0.29) is 0 Å². The standard InChI is InChI=1S/C14H21N/c1-10(2)9-15-13(5)14-7-6-11(3)12(4)8-14/h6-8,13,15H,1,9H2,2-5H3. The van der Waals surface area contributed by atoms with Gasteiger partial charge in [-0.2, -0.15) is 0 Å². The van der Waals surface area contributed by atoms with Gasteiger partial charge in [0.15, 0.2) is 0 Å². The number of hydrogen-bond acceptors (Lipinski definition) is 1. The quantitative estimate of drug-likeness (QED) is 0.738. The number of rotatable bonds is 4. The van der Waals surface area contributed by atoms with Crippen molar-refractivity contribution in [2.24, 2.45) is 0 Å². The molecule has 1 nitrogen and oxygen atoms in total. The summed E-state index contributed by atoms with van der Waals surface area (Å²) in [6.07, 6.45) is 0. The largest absolute Gasteiger partial charge is 0.306 e. The molecule has 0 saturated heterocycles. The third kappa shape index (κ3) is 3.52. The highest BCUT2D eigenvalue weighted by Gasteiger charge is 2.05. The predicted molar refractivity (Wildman–Crippen MR) is 67.1 cm³/mol. The molecule has 1 aromatic rings. The number of hydrogen-bond donors (Lipinski definition) is 1. The van der Waals surface area contributed by atoms with Gasteiger partial charge in [-0.1, -0.05) is 30.4 Å². The second kappa shape index (κ2) is 5.13. The van der Waals surface area contributed by atoms with Crippen LogP contribution in [0, 0.1) is 13.8 Å². The smallest absolute Gasteiger partial charge is 0.0294 e. The van der Waals surface area contributed by atoms with Gasteiger partial charge in [-0.05, 0) is 44.4 Å². The molecule has 0 spiro atoms. The summed E-state index contributed by atoms with van der Waals surface area (Å²) in [4.78, 5) is 0. The summed E-state index contributed by atoms with van der Waals surface area (Å²) in [7, 11) is 0. The fraction of sp³-hybridized carbons (Fsp3) is 0.429. The van der Waals surface area contributed by atoms with Gasteiger partial charge in [0.2, 0.25) is 0 Å². The van der Waals surface area contributed by atoms with Crippen LogP contribution in [0.15, 0.2) is 30.4 Å². The van der Waals surface area contributed by atoms with Gasteiger partial charge in [0.1, 0.15) is 0 Å². The van der Waals surface area contributed by atoms with E-state index in [0.29, 0.717) is 6.04 Å². The van der Waals surface area contributed by atoms with E-state index in [0.717, 1.165) is 6.54 Å². The second-order valence-corrected chi connectivity index (χ2v) is 4.40. The summed E-state index contributed by atoms with van der Waals surface area (Å²) >= 11 is 0. The zero-order valence-electron chi connectivity index (χ0n) is 10.2. The monoisotopic (exact) mass is 203 g/mol. The summed E-state index contributed by atoms with van der Waals surface area (Å²) in [5.41, 5.74) is 5.23. The van der Waals surface area contributed by atoms with E-state index >= 15 is 0 Å². The van der Waals surface area contributed by atoms with E-state index in [2.05, 4.69) is 50.9 Å². The summed E-state index contributed by atoms with van der Waals surface area (Å²) in [6.45, 7) is 13.3. The molecule has 1 heteroatoms. The zero-order chi connectivity index (χ0) is 11.4. The van der Waals surface area contributed by atoms with Gasteiger partial charge in [0, 0.05) is 12.6 Å². The molecule has 0 aromatic heterocycles. The highest BCUT2D eigenvalue weighted by molar-refractivity contribution is 5.31. The van der Waals surface area contributed by atoms with Crippen LogP contribution in [0.3, 0.4) is 0 Å². The Labute approximate surface area is 93.2 Å². The first-order valence-corrected chi connectivity index (χ1v) is 5.45. The highest BCUT2D eigenvalue weighted by Crippen LogP contribution is 2.16. The molecule has 0 saturated carbocycles. The fourth-order valence-electron chi connectivity index (χ4n) is 1.48. The molecule has 0 aliphatic carbocycles. The Kier molecular flexibility index (Phi) is 4.10. The third-order valence-electron chi connectivity index (χ3n) is 2.74. The minimum Gasteiger partial charge on any atom is -0.306 e. The van der Waals surface area contributed by atoms with Gasteiger partial charge in [-0.3, -0.25) is 0 Å². The minimum absolute atomic E-state index is 0.390. The van der Waals surface area contributed by atoms with E-state index in [4.69, 9.17) is 0 Å². The van der Waals surface area contributed by atoms with Crippen molar-refractivity contribution in [1.29, 1.82) is 0 Å². The Morgan fingerprint density at radius 1 is 1.33 bits per heavy atom. The van der Waals surface area contributed by atoms with E-state index < -0.39 is 0 Å². The van der Waals surface area contributed by atoms with Crippen molar-refractivity contribution >= 4 is 0 Å². The average Bonchev–Trinajstić information content (AvgIpc) is 2.18. The van der Waals surface area contributed by atoms with E-state index in [1.807, 2.05) is 6.92 Å². The molecule has 1 rings (SSSR count). The predicted octanol–water partition coefficient (Wildman–Crippen LogP) is 3.53. The molecule has 0 heterocycles. The van der Waals surface area contributed by atoms with Gasteiger partial charge >= 0.3 is 0 Å². The lowest BCUT2D eigenvalue weighted by molar-refractivity contribution is 0.607. The Balaban J connectivity index is 2.69. The van der Waals surface area contributed by atoms with Crippen LogP contribution < -0.4 is 5.32 Å². The van der Waals surface area contributed by atoms with Crippen molar-refractivity contribution < 1.29 is 0 Å². The van der Waals surface area contributed by atoms with E-state index in [9.17, 15) is 0 Å². The normalized spacial score (nSPS) is 12.5. The molecule has 1 atom stereocenters. The maximum atomic E-state index is 3.89. The number of benzene rings is 1. The maximum absolute atomic E-state index is 3.89. The van der Waals surface area contributed by atoms with Crippen molar-refractivity contribution in [3.63, 3.8) is 0 Å². The van der Waals surface area contributed by atoms with Crippen molar-refractivity contribution in [2.45, 2.75) is 33.7 Å². The first-order valence-electron chi connectivity index (χ1n) is 5.45. The van der Waals surface area contributed by atoms with Crippen molar-refractivity contribution in [1.82, 2.24) is 5.32 Å². The van der Waals surface area contributed by atoms with Crippen LogP contribution in [0.1, 0.15) is 36.6 Å². The van der Waals surface area contributed by atoms with Crippen LogP contribution in [0.4, 0.5) is 0 Å². The summed E-state index contributed by atoms with van der Waals surface area (Å²) in [5.74, 6) is 0. The molecule has 1 aromatic carbocycles. The number of aryl methyl sites for hydroxylation is 2. The Bertz CT molecular complexity index is 352. The van der Waals surface area contributed by atoms with Gasteiger partial charge in [-0.15, -0.1) is 0 Å². The van der Waals surface area contributed by atoms with Crippen LogP contribution in [0.5, 0.6) is 0 Å². The first kappa shape index (κ1) is 12.0. The second-order valence-electron chi connectivity index (χ2n) is 4.40. The Morgan fingerprint density at radius 3 is 2.53 bits per heavy atom. The molecule has 82 valence electrons. The number of nitrogens with one attached hydrogen (secondary N) is 1. The Morgan fingerprint density at radius 2 is 2.00 bits per heavy atom. The van der Waals surface area contributed by atoms with Gasteiger partial charge in [0.25, 0.3) is 0 Å². The molecule has 0 radical (unpaired) electrons. The Hall–Kier alpha value is -1.08. The molecular formula is C14H21N. The van der Waals surface area contributed by atoms with Gasteiger partial charge < -0.3 is 5.32 Å². The summed E-state index contributed by atoms with van der Waals surface area (Å²) < 4.78 is 0. The molecule has 0 fully saturated rings. The molecule has 0 aliphatic rings. The van der Waals surface area contributed by atoms with Crippen LogP contribution in [-0.4, -0.2) is 6.54 Å². The SMILES string of the molecule is C=C(C)CNC(C)c1ccc(C)c(C)c1. The third-order valence-corrected chi connectivity index (χ3v) is 2.74. The molecular weight excluding hydrogens is 182 g/mol. The molecule has 0 amide bonds. The molecule has 1 N–H and O–H groups in total. The fourth-order valence-corrected chi connectivity index (χ4v) is 1.48. The summed E-state index contributed by atoms with van der Waals surface area (Å²) in [5, 5.41) is 3.45. The van der Waals surface area contributed by atoms with Crippen molar-refractivity contribution in [3.05, 3.63) is 47.0 Å².